The van der Waals surface area contributed by atoms with Gasteiger partial charge in [0.1, 0.15) is 5.52 Å². The molecule has 0 aliphatic carbocycles. The van der Waals surface area contributed by atoms with Gasteiger partial charge in [0.05, 0.1) is 4.90 Å². The van der Waals surface area contributed by atoms with E-state index in [2.05, 4.69) is 18.8 Å². The summed E-state index contributed by atoms with van der Waals surface area (Å²) in [6.07, 6.45) is 2.56. The number of hydrogen-bond donors (Lipinski definition) is 0. The first kappa shape index (κ1) is 23.1. The maximum Gasteiger partial charge on any atom is 0.253 e. The van der Waals surface area contributed by atoms with Crippen molar-refractivity contribution in [3.63, 3.8) is 0 Å². The monoisotopic (exact) mass is 481 g/mol. The van der Waals surface area contributed by atoms with Crippen molar-refractivity contribution >= 4 is 27.0 Å². The molecule has 5 rings (SSSR count). The molecular formula is C26H31N3O4S. The smallest absolute Gasteiger partial charge is 0.253 e. The summed E-state index contributed by atoms with van der Waals surface area (Å²) in [6, 6.07) is 14.2. The lowest BCUT2D eigenvalue weighted by molar-refractivity contribution is 0.0706. The number of rotatable bonds is 4. The molecule has 2 fully saturated rings. The molecule has 0 saturated carbocycles. The molecule has 3 aromatic rings. The van der Waals surface area contributed by atoms with Crippen LogP contribution in [-0.4, -0.2) is 54.7 Å². The predicted octanol–water partition coefficient (Wildman–Crippen LogP) is 4.51. The Morgan fingerprint density at radius 2 is 1.71 bits per heavy atom. The summed E-state index contributed by atoms with van der Waals surface area (Å²) in [7, 11) is -3.63. The second kappa shape index (κ2) is 9.15. The molecule has 2 saturated heterocycles. The topological polar surface area (TPSA) is 83.7 Å². The molecule has 8 heteroatoms. The third-order valence-corrected chi connectivity index (χ3v) is 8.82. The Morgan fingerprint density at radius 3 is 2.41 bits per heavy atom. The van der Waals surface area contributed by atoms with Gasteiger partial charge in [0.2, 0.25) is 10.0 Å². The fourth-order valence-corrected chi connectivity index (χ4v) is 7.04. The Kier molecular flexibility index (Phi) is 6.20. The number of carbonyl (C=O) groups is 1. The molecular weight excluding hydrogens is 450 g/mol. The summed E-state index contributed by atoms with van der Waals surface area (Å²) in [6.45, 7) is 6.38. The van der Waals surface area contributed by atoms with Crippen molar-refractivity contribution in [2.45, 2.75) is 43.9 Å². The number of aromatic nitrogens is 1. The highest BCUT2D eigenvalue weighted by Crippen LogP contribution is 2.31. The van der Waals surface area contributed by atoms with Gasteiger partial charge in [-0.25, -0.2) is 13.4 Å². The van der Waals surface area contributed by atoms with Gasteiger partial charge in [-0.05, 0) is 61.4 Å². The normalized spacial score (nSPS) is 22.8. The number of hydrogen-bond acceptors (Lipinski definition) is 5. The first-order valence-corrected chi connectivity index (χ1v) is 13.5. The Morgan fingerprint density at radius 1 is 1.00 bits per heavy atom. The average molecular weight is 482 g/mol. The van der Waals surface area contributed by atoms with Gasteiger partial charge in [-0.3, -0.25) is 4.79 Å². The number of nitrogens with zero attached hydrogens (tertiary/aromatic N) is 3. The maximum absolute atomic E-state index is 13.3. The summed E-state index contributed by atoms with van der Waals surface area (Å²) in [5.74, 6) is 1.42. The van der Waals surface area contributed by atoms with E-state index < -0.39 is 10.0 Å². The van der Waals surface area contributed by atoms with Crippen LogP contribution in [0.5, 0.6) is 0 Å². The predicted molar refractivity (Wildman–Crippen MR) is 130 cm³/mol. The van der Waals surface area contributed by atoms with Crippen LogP contribution in [0.3, 0.4) is 0 Å². The number of para-hydroxylation sites is 2. The zero-order valence-electron chi connectivity index (χ0n) is 19.7. The third-order valence-electron chi connectivity index (χ3n) is 7.00. The van der Waals surface area contributed by atoms with Gasteiger partial charge in [0, 0.05) is 37.7 Å². The van der Waals surface area contributed by atoms with Gasteiger partial charge in [0.25, 0.3) is 5.91 Å². The molecule has 1 amide bonds. The number of sulfonamides is 1. The number of amides is 1. The van der Waals surface area contributed by atoms with Gasteiger partial charge in [0.15, 0.2) is 11.5 Å². The molecule has 0 radical (unpaired) electrons. The van der Waals surface area contributed by atoms with Crippen molar-refractivity contribution < 1.29 is 17.6 Å². The molecule has 2 aromatic carbocycles. The molecule has 0 spiro atoms. The van der Waals surface area contributed by atoms with E-state index in [4.69, 9.17) is 4.42 Å². The van der Waals surface area contributed by atoms with Crippen molar-refractivity contribution in [2.75, 3.05) is 26.2 Å². The van der Waals surface area contributed by atoms with E-state index in [1.54, 1.807) is 27.4 Å². The Bertz CT molecular complexity index is 1250. The molecule has 180 valence electrons. The minimum absolute atomic E-state index is 0.131. The van der Waals surface area contributed by atoms with E-state index in [-0.39, 0.29) is 16.7 Å². The van der Waals surface area contributed by atoms with E-state index in [0.29, 0.717) is 43.6 Å². The molecule has 1 aromatic heterocycles. The highest BCUT2D eigenvalue weighted by Gasteiger charge is 2.33. The maximum atomic E-state index is 13.3. The largest absolute Gasteiger partial charge is 0.440 e. The van der Waals surface area contributed by atoms with Crippen molar-refractivity contribution in [1.29, 1.82) is 0 Å². The Hall–Kier alpha value is -2.71. The van der Waals surface area contributed by atoms with Gasteiger partial charge in [-0.1, -0.05) is 32.0 Å². The van der Waals surface area contributed by atoms with Crippen LogP contribution in [-0.2, 0) is 10.0 Å². The van der Waals surface area contributed by atoms with Gasteiger partial charge < -0.3 is 9.32 Å². The minimum Gasteiger partial charge on any atom is -0.440 e. The summed E-state index contributed by atoms with van der Waals surface area (Å²) >= 11 is 0. The average Bonchev–Trinajstić information content (AvgIpc) is 3.27. The van der Waals surface area contributed by atoms with Crippen molar-refractivity contribution in [1.82, 2.24) is 14.2 Å². The second-order valence-electron chi connectivity index (χ2n) is 9.88. The second-order valence-corrected chi connectivity index (χ2v) is 11.8. The fraction of sp³-hybridized carbons (Fsp3) is 0.462. The number of carbonyl (C=O) groups excluding carboxylic acids is 1. The van der Waals surface area contributed by atoms with Crippen LogP contribution in [0.1, 0.15) is 55.3 Å². The lowest BCUT2D eigenvalue weighted by atomic mass is 9.94. The molecule has 2 unspecified atom stereocenters. The van der Waals surface area contributed by atoms with Crippen LogP contribution in [0, 0.1) is 11.8 Å². The number of fused-ring (bicyclic) bond motifs is 1. The van der Waals surface area contributed by atoms with Crippen molar-refractivity contribution in [3.8, 4) is 0 Å². The number of piperidine rings is 2. The number of benzene rings is 2. The van der Waals surface area contributed by atoms with Crippen LogP contribution < -0.4 is 0 Å². The lowest BCUT2D eigenvalue weighted by Crippen LogP contribution is -2.42. The van der Waals surface area contributed by atoms with Gasteiger partial charge in [-0.2, -0.15) is 4.31 Å². The first-order valence-electron chi connectivity index (χ1n) is 12.1. The fourth-order valence-electron chi connectivity index (χ4n) is 5.32. The summed E-state index contributed by atoms with van der Waals surface area (Å²) in [5, 5.41) is 0. The molecule has 2 aliphatic heterocycles. The van der Waals surface area contributed by atoms with Crippen molar-refractivity contribution in [2.24, 2.45) is 11.8 Å². The van der Waals surface area contributed by atoms with Crippen LogP contribution in [0.4, 0.5) is 0 Å². The zero-order chi connectivity index (χ0) is 23.9. The molecule has 0 N–H and O–H groups in total. The van der Waals surface area contributed by atoms with E-state index in [9.17, 15) is 13.2 Å². The zero-order valence-corrected chi connectivity index (χ0v) is 20.5. The third kappa shape index (κ3) is 4.49. The van der Waals surface area contributed by atoms with Gasteiger partial charge in [-0.15, -0.1) is 0 Å². The molecule has 3 heterocycles. The standard InChI is InChI=1S/C26H31N3O4S/c1-18-14-19(2)17-29(16-18)34(31,32)22-7-5-6-21(15-22)26(30)28-12-10-20(11-13-28)25-27-23-8-3-4-9-24(23)33-25/h3-9,15,18-20H,10-14,16-17H2,1-2H3. The Balaban J connectivity index is 1.28. The molecule has 2 atom stereocenters. The first-order chi connectivity index (χ1) is 16.3. The van der Waals surface area contributed by atoms with Crippen LogP contribution in [0.2, 0.25) is 0 Å². The summed E-state index contributed by atoms with van der Waals surface area (Å²) in [4.78, 5) is 19.8. The van der Waals surface area contributed by atoms with Crippen LogP contribution >= 0.6 is 0 Å². The van der Waals surface area contributed by atoms with Crippen LogP contribution in [0.25, 0.3) is 11.1 Å². The number of oxazole rings is 1. The van der Waals surface area contributed by atoms with E-state index in [0.717, 1.165) is 36.3 Å². The molecule has 0 bridgehead atoms. The highest BCUT2D eigenvalue weighted by molar-refractivity contribution is 7.89. The molecule has 2 aliphatic rings. The number of likely N-dealkylation sites (tertiary alicyclic amines) is 1. The SMILES string of the molecule is CC1CC(C)CN(S(=O)(=O)c2cccc(C(=O)N3CCC(c4nc5ccccc5o4)CC3)c2)C1. The Labute approximate surface area is 200 Å². The van der Waals surface area contributed by atoms with Crippen LogP contribution in [0.15, 0.2) is 57.8 Å². The lowest BCUT2D eigenvalue weighted by Gasteiger charge is -2.34. The summed E-state index contributed by atoms with van der Waals surface area (Å²) < 4.78 is 34.1. The minimum atomic E-state index is -3.63. The van der Waals surface area contributed by atoms with Gasteiger partial charge >= 0.3 is 0 Å². The van der Waals surface area contributed by atoms with Crippen molar-refractivity contribution in [3.05, 3.63) is 60.0 Å². The van der Waals surface area contributed by atoms with E-state index in [1.165, 1.54) is 6.07 Å². The van der Waals surface area contributed by atoms with E-state index in [1.807, 2.05) is 24.3 Å². The summed E-state index contributed by atoms with van der Waals surface area (Å²) in [5.41, 5.74) is 2.05. The molecule has 34 heavy (non-hydrogen) atoms. The molecule has 7 nitrogen and oxygen atoms in total. The van der Waals surface area contributed by atoms with E-state index >= 15 is 0 Å². The highest BCUT2D eigenvalue weighted by atomic mass is 32.2. The quantitative estimate of drug-likeness (QED) is 0.547.